The molecule has 1 fully saturated rings. The Labute approximate surface area is 225 Å². The number of carboxylic acids is 1. The van der Waals surface area contributed by atoms with Crippen molar-refractivity contribution in [2.75, 3.05) is 40.6 Å². The number of carboxylic acid groups (broad SMARTS) is 1. The molecule has 1 N–H and O–H groups in total. The van der Waals surface area contributed by atoms with Crippen LogP contribution in [-0.4, -0.2) is 83.7 Å². The summed E-state index contributed by atoms with van der Waals surface area (Å²) in [5.74, 6) is 0.304. The van der Waals surface area contributed by atoms with E-state index in [1.165, 1.54) is 0 Å². The largest absolute Gasteiger partial charge is 0.493 e. The van der Waals surface area contributed by atoms with Crippen LogP contribution >= 0.6 is 0 Å². The number of hydrogen-bond acceptors (Lipinski definition) is 7. The summed E-state index contributed by atoms with van der Waals surface area (Å²) in [5.41, 5.74) is 0.900. The van der Waals surface area contributed by atoms with E-state index in [1.807, 2.05) is 41.0 Å². The van der Waals surface area contributed by atoms with E-state index in [0.29, 0.717) is 36.8 Å². The molecule has 3 unspecified atom stereocenters. The number of aliphatic carboxylic acids is 1. The second-order valence-corrected chi connectivity index (χ2v) is 9.84. The van der Waals surface area contributed by atoms with Crippen LogP contribution in [0, 0.1) is 5.92 Å². The Morgan fingerprint density at radius 3 is 2.55 bits per heavy atom. The lowest BCUT2D eigenvalue weighted by atomic mass is 9.84. The van der Waals surface area contributed by atoms with Crippen molar-refractivity contribution < 1.29 is 28.9 Å². The van der Waals surface area contributed by atoms with Crippen LogP contribution in [-0.2, 0) is 16.1 Å². The number of likely N-dealkylation sites (N-methyl/N-ethyl adjacent to an activating group) is 1. The third-order valence-electron chi connectivity index (χ3n) is 7.25. The first-order valence-corrected chi connectivity index (χ1v) is 13.5. The van der Waals surface area contributed by atoms with Gasteiger partial charge in [-0.15, -0.1) is 0 Å². The maximum atomic E-state index is 12.2. The van der Waals surface area contributed by atoms with Crippen molar-refractivity contribution in [3.8, 4) is 17.2 Å². The lowest BCUT2D eigenvalue weighted by Gasteiger charge is -2.23. The van der Waals surface area contributed by atoms with E-state index >= 15 is 0 Å². The van der Waals surface area contributed by atoms with Gasteiger partial charge >= 0.3 is 5.97 Å². The number of fused-ring (bicyclic) bond motifs is 1. The highest BCUT2D eigenvalue weighted by atomic mass is 16.7. The SMILES string of the molecule is CCCCN(C=O)CCCC.COc1cc(C2CN(C)C(CCn3cccn3)C2C(=O)O)cc2c1OCO2. The van der Waals surface area contributed by atoms with Gasteiger partial charge < -0.3 is 29.1 Å². The lowest BCUT2D eigenvalue weighted by molar-refractivity contribution is -0.143. The van der Waals surface area contributed by atoms with Crippen molar-refractivity contribution in [1.82, 2.24) is 19.6 Å². The number of methoxy groups -OCH3 is 1. The van der Waals surface area contributed by atoms with E-state index in [4.69, 9.17) is 14.2 Å². The molecule has 1 saturated heterocycles. The molecular weight excluding hydrogens is 488 g/mol. The molecule has 1 aromatic carbocycles. The predicted molar refractivity (Wildman–Crippen MR) is 144 cm³/mol. The van der Waals surface area contributed by atoms with Crippen LogP contribution in [0.3, 0.4) is 0 Å². The molecule has 2 aliphatic rings. The highest BCUT2D eigenvalue weighted by Gasteiger charge is 2.45. The van der Waals surface area contributed by atoms with Gasteiger partial charge in [0.25, 0.3) is 0 Å². The molecule has 1 aromatic heterocycles. The van der Waals surface area contributed by atoms with Gasteiger partial charge in [0, 0.05) is 50.5 Å². The standard InChI is InChI=1S/C19H23N3O5.C9H19NO/c1-21-10-13(12-8-15(25-2)18-16(9-12)26-11-27-18)17(19(23)24)14(21)4-7-22-6-3-5-20-22;1-3-5-7-10(9-11)8-6-4-2/h3,5-6,8-9,13-14,17H,4,7,10-11H2,1-2H3,(H,23,24);9H,3-8H2,1-2H3. The monoisotopic (exact) mass is 530 g/mol. The van der Waals surface area contributed by atoms with Crippen LogP contribution in [0.15, 0.2) is 30.6 Å². The summed E-state index contributed by atoms with van der Waals surface area (Å²) >= 11 is 0. The van der Waals surface area contributed by atoms with Crippen LogP contribution < -0.4 is 14.2 Å². The molecule has 2 aromatic rings. The zero-order valence-electron chi connectivity index (χ0n) is 23.0. The van der Waals surface area contributed by atoms with Crippen LogP contribution in [0.2, 0.25) is 0 Å². The molecule has 210 valence electrons. The number of carbonyl (C=O) groups excluding carboxylic acids is 1. The van der Waals surface area contributed by atoms with Crippen LogP contribution in [0.1, 0.15) is 57.4 Å². The Kier molecular flexibility index (Phi) is 11.3. The Hall–Kier alpha value is -3.27. The van der Waals surface area contributed by atoms with Gasteiger partial charge in [0.1, 0.15) is 0 Å². The number of amides is 1. The first kappa shape index (κ1) is 29.3. The summed E-state index contributed by atoms with van der Waals surface area (Å²) < 4.78 is 18.2. The Morgan fingerprint density at radius 2 is 1.97 bits per heavy atom. The smallest absolute Gasteiger partial charge is 0.308 e. The highest BCUT2D eigenvalue weighted by molar-refractivity contribution is 5.73. The molecule has 0 spiro atoms. The number of ether oxygens (including phenoxy) is 3. The van der Waals surface area contributed by atoms with Gasteiger partial charge in [-0.05, 0) is 50.1 Å². The fourth-order valence-corrected chi connectivity index (χ4v) is 5.15. The van der Waals surface area contributed by atoms with Crippen LogP contribution in [0.25, 0.3) is 0 Å². The molecule has 10 nitrogen and oxygen atoms in total. The molecule has 0 radical (unpaired) electrons. The van der Waals surface area contributed by atoms with Crippen molar-refractivity contribution >= 4 is 12.4 Å². The molecule has 2 aliphatic heterocycles. The van der Waals surface area contributed by atoms with Crippen LogP contribution in [0.5, 0.6) is 17.2 Å². The zero-order valence-corrected chi connectivity index (χ0v) is 23.0. The second kappa shape index (κ2) is 14.6. The van der Waals surface area contributed by atoms with Crippen molar-refractivity contribution in [3.05, 3.63) is 36.2 Å². The number of aryl methyl sites for hydroxylation is 1. The van der Waals surface area contributed by atoms with Gasteiger partial charge in [0.15, 0.2) is 11.5 Å². The maximum absolute atomic E-state index is 12.2. The van der Waals surface area contributed by atoms with Crippen molar-refractivity contribution in [3.63, 3.8) is 0 Å². The number of hydrogen-bond donors (Lipinski definition) is 1. The number of aromatic nitrogens is 2. The Bertz CT molecular complexity index is 1010. The molecule has 0 bridgehead atoms. The molecular formula is C28H42N4O6. The minimum absolute atomic E-state index is 0.0758. The summed E-state index contributed by atoms with van der Waals surface area (Å²) in [6, 6.07) is 5.55. The van der Waals surface area contributed by atoms with Gasteiger partial charge in [-0.25, -0.2) is 0 Å². The average molecular weight is 531 g/mol. The van der Waals surface area contributed by atoms with Crippen molar-refractivity contribution in [2.24, 2.45) is 5.92 Å². The van der Waals surface area contributed by atoms with E-state index in [0.717, 1.165) is 50.7 Å². The van der Waals surface area contributed by atoms with Gasteiger partial charge in [0.2, 0.25) is 19.0 Å². The van der Waals surface area contributed by atoms with Crippen LogP contribution in [0.4, 0.5) is 0 Å². The summed E-state index contributed by atoms with van der Waals surface area (Å²) in [7, 11) is 3.55. The Morgan fingerprint density at radius 1 is 1.24 bits per heavy atom. The van der Waals surface area contributed by atoms with E-state index in [1.54, 1.807) is 13.3 Å². The van der Waals surface area contributed by atoms with Gasteiger partial charge in [-0.1, -0.05) is 26.7 Å². The molecule has 1 amide bonds. The summed E-state index contributed by atoms with van der Waals surface area (Å²) in [4.78, 5) is 26.6. The Balaban J connectivity index is 0.000000310. The minimum Gasteiger partial charge on any atom is -0.493 e. The molecule has 4 rings (SSSR count). The number of carbonyl (C=O) groups is 2. The quantitative estimate of drug-likeness (QED) is 0.389. The zero-order chi connectivity index (χ0) is 27.5. The number of benzene rings is 1. The van der Waals surface area contributed by atoms with E-state index < -0.39 is 11.9 Å². The first-order valence-electron chi connectivity index (χ1n) is 13.5. The number of unbranched alkanes of at least 4 members (excludes halogenated alkanes) is 2. The number of nitrogens with zero attached hydrogens (tertiary/aromatic N) is 4. The van der Waals surface area contributed by atoms with Gasteiger partial charge in [-0.2, -0.15) is 5.10 Å². The van der Waals surface area contributed by atoms with Gasteiger partial charge in [-0.3, -0.25) is 14.3 Å². The molecule has 0 aliphatic carbocycles. The van der Waals surface area contributed by atoms with E-state index in [9.17, 15) is 14.7 Å². The maximum Gasteiger partial charge on any atom is 0.308 e. The third-order valence-corrected chi connectivity index (χ3v) is 7.25. The second-order valence-electron chi connectivity index (χ2n) is 9.84. The summed E-state index contributed by atoms with van der Waals surface area (Å²) in [5, 5.41) is 14.2. The minimum atomic E-state index is -0.786. The first-order chi connectivity index (χ1) is 18.4. The van der Waals surface area contributed by atoms with E-state index in [2.05, 4.69) is 23.8 Å². The third kappa shape index (κ3) is 7.40. The number of rotatable bonds is 13. The van der Waals surface area contributed by atoms with Crippen molar-refractivity contribution in [1.29, 1.82) is 0 Å². The fraction of sp³-hybridized carbons (Fsp3) is 0.607. The lowest BCUT2D eigenvalue weighted by Crippen LogP contribution is -2.34. The van der Waals surface area contributed by atoms with E-state index in [-0.39, 0.29) is 18.8 Å². The summed E-state index contributed by atoms with van der Waals surface area (Å²) in [6.45, 7) is 7.63. The highest BCUT2D eigenvalue weighted by Crippen LogP contribution is 2.46. The number of likely N-dealkylation sites (tertiary alicyclic amines) is 1. The average Bonchev–Trinajstić information content (AvgIpc) is 3.67. The summed E-state index contributed by atoms with van der Waals surface area (Å²) in [6.07, 6.45) is 9.89. The molecule has 10 heteroatoms. The topological polar surface area (TPSA) is 106 Å². The van der Waals surface area contributed by atoms with Crippen molar-refractivity contribution in [2.45, 2.75) is 64.5 Å². The molecule has 3 atom stereocenters. The van der Waals surface area contributed by atoms with Gasteiger partial charge in [0.05, 0.1) is 13.0 Å². The fourth-order valence-electron chi connectivity index (χ4n) is 5.15. The molecule has 3 heterocycles. The predicted octanol–water partition coefficient (Wildman–Crippen LogP) is 3.85. The molecule has 0 saturated carbocycles. The molecule has 38 heavy (non-hydrogen) atoms. The normalized spacial score (nSPS) is 20.1.